The number of amides is 1. The number of primary amides is 1. The summed E-state index contributed by atoms with van der Waals surface area (Å²) in [5, 5.41) is 18.5. The molecule has 0 spiro atoms. The van der Waals surface area contributed by atoms with E-state index in [1.54, 1.807) is 0 Å². The molecule has 2 atom stereocenters. The molecular weight excluding hydrogens is 189 g/mol. The number of hydrogen-bond donors (Lipinski definition) is 3. The van der Waals surface area contributed by atoms with Crippen molar-refractivity contribution in [2.45, 2.75) is 12.2 Å². The molecule has 1 aromatic rings. The number of carbonyl (C=O) groups is 1. The minimum Gasteiger partial charge on any atom is -0.385 e. The van der Waals surface area contributed by atoms with Gasteiger partial charge in [-0.15, -0.1) is 0 Å². The zero-order chi connectivity index (χ0) is 10.7. The fourth-order valence-electron chi connectivity index (χ4n) is 0.998. The maximum Gasteiger partial charge on any atom is 0.249 e. The van der Waals surface area contributed by atoms with Crippen molar-refractivity contribution in [1.29, 1.82) is 0 Å². The van der Waals surface area contributed by atoms with Gasteiger partial charge in [0.2, 0.25) is 5.91 Å². The standard InChI is InChI=1S/C9H10FNO3/c10-6-3-1-5(2-4-6)7(12)8(13)9(11)14/h1-4,7-8,12-13H,(H2,11,14). The first-order valence-corrected chi connectivity index (χ1v) is 3.93. The van der Waals surface area contributed by atoms with E-state index in [4.69, 9.17) is 10.8 Å². The minimum absolute atomic E-state index is 0.234. The van der Waals surface area contributed by atoms with Crippen LogP contribution in [0.25, 0.3) is 0 Å². The Balaban J connectivity index is 2.84. The predicted octanol–water partition coefficient (Wildman–Crippen LogP) is -0.295. The number of hydrogen-bond acceptors (Lipinski definition) is 3. The van der Waals surface area contributed by atoms with Gasteiger partial charge >= 0.3 is 0 Å². The topological polar surface area (TPSA) is 83.6 Å². The number of benzene rings is 1. The Morgan fingerprint density at radius 2 is 1.79 bits per heavy atom. The van der Waals surface area contributed by atoms with Crippen LogP contribution in [-0.4, -0.2) is 22.2 Å². The highest BCUT2D eigenvalue weighted by atomic mass is 19.1. The molecule has 0 fully saturated rings. The summed E-state index contributed by atoms with van der Waals surface area (Å²) in [4.78, 5) is 10.5. The molecule has 4 N–H and O–H groups in total. The Morgan fingerprint density at radius 1 is 1.29 bits per heavy atom. The van der Waals surface area contributed by atoms with Crippen LogP contribution in [0, 0.1) is 5.82 Å². The largest absolute Gasteiger partial charge is 0.385 e. The van der Waals surface area contributed by atoms with Crippen molar-refractivity contribution in [3.63, 3.8) is 0 Å². The lowest BCUT2D eigenvalue weighted by molar-refractivity contribution is -0.131. The third-order valence-electron chi connectivity index (χ3n) is 1.80. The van der Waals surface area contributed by atoms with Crippen LogP contribution in [0.1, 0.15) is 11.7 Å². The number of aliphatic hydroxyl groups excluding tert-OH is 2. The lowest BCUT2D eigenvalue weighted by atomic mass is 10.0. The van der Waals surface area contributed by atoms with Gasteiger partial charge in [0.25, 0.3) is 0 Å². The van der Waals surface area contributed by atoms with Gasteiger partial charge in [-0.1, -0.05) is 12.1 Å². The number of rotatable bonds is 3. The van der Waals surface area contributed by atoms with Gasteiger partial charge in [0.1, 0.15) is 11.9 Å². The second kappa shape index (κ2) is 4.17. The summed E-state index contributed by atoms with van der Waals surface area (Å²) >= 11 is 0. The van der Waals surface area contributed by atoms with Crippen molar-refractivity contribution in [3.8, 4) is 0 Å². The van der Waals surface area contributed by atoms with Crippen LogP contribution >= 0.6 is 0 Å². The highest BCUT2D eigenvalue weighted by Gasteiger charge is 2.22. The van der Waals surface area contributed by atoms with E-state index in [1.807, 2.05) is 0 Å². The maximum absolute atomic E-state index is 12.5. The van der Waals surface area contributed by atoms with Gasteiger partial charge in [-0.25, -0.2) is 4.39 Å². The Labute approximate surface area is 79.8 Å². The molecule has 0 aliphatic rings. The third-order valence-corrected chi connectivity index (χ3v) is 1.80. The molecule has 0 aliphatic carbocycles. The van der Waals surface area contributed by atoms with Crippen molar-refractivity contribution in [3.05, 3.63) is 35.6 Å². The Bertz CT molecular complexity index is 325. The Morgan fingerprint density at radius 3 is 2.21 bits per heavy atom. The lowest BCUT2D eigenvalue weighted by Gasteiger charge is -2.14. The van der Waals surface area contributed by atoms with Gasteiger partial charge in [0, 0.05) is 0 Å². The van der Waals surface area contributed by atoms with E-state index < -0.39 is 23.9 Å². The van der Waals surface area contributed by atoms with E-state index >= 15 is 0 Å². The molecule has 5 heteroatoms. The molecular formula is C9H10FNO3. The molecule has 0 radical (unpaired) electrons. The highest BCUT2D eigenvalue weighted by Crippen LogP contribution is 2.16. The summed E-state index contributed by atoms with van der Waals surface area (Å²) < 4.78 is 12.5. The fraction of sp³-hybridized carbons (Fsp3) is 0.222. The fourth-order valence-corrected chi connectivity index (χ4v) is 0.998. The van der Waals surface area contributed by atoms with Crippen LogP contribution in [-0.2, 0) is 4.79 Å². The zero-order valence-electron chi connectivity index (χ0n) is 7.22. The van der Waals surface area contributed by atoms with Crippen LogP contribution < -0.4 is 5.73 Å². The van der Waals surface area contributed by atoms with Gasteiger partial charge in [0.05, 0.1) is 0 Å². The van der Waals surface area contributed by atoms with Gasteiger partial charge in [-0.2, -0.15) is 0 Å². The van der Waals surface area contributed by atoms with E-state index in [9.17, 15) is 14.3 Å². The van der Waals surface area contributed by atoms with Crippen LogP contribution in [0.3, 0.4) is 0 Å². The van der Waals surface area contributed by atoms with Crippen molar-refractivity contribution in [2.24, 2.45) is 5.73 Å². The molecule has 0 heterocycles. The normalized spacial score (nSPS) is 14.8. The molecule has 1 rings (SSSR count). The molecule has 0 saturated heterocycles. The average Bonchev–Trinajstić information content (AvgIpc) is 2.16. The van der Waals surface area contributed by atoms with Gasteiger partial charge in [0.15, 0.2) is 6.10 Å². The van der Waals surface area contributed by atoms with E-state index in [-0.39, 0.29) is 5.56 Å². The summed E-state index contributed by atoms with van der Waals surface area (Å²) in [6, 6.07) is 4.77. The van der Waals surface area contributed by atoms with Gasteiger partial charge in [-0.05, 0) is 17.7 Å². The predicted molar refractivity (Wildman–Crippen MR) is 46.6 cm³/mol. The number of aliphatic hydroxyl groups is 2. The number of nitrogens with two attached hydrogens (primary N) is 1. The molecule has 14 heavy (non-hydrogen) atoms. The average molecular weight is 199 g/mol. The first kappa shape index (κ1) is 10.6. The molecule has 76 valence electrons. The first-order chi connectivity index (χ1) is 6.52. The molecule has 0 saturated carbocycles. The quantitative estimate of drug-likeness (QED) is 0.625. The molecule has 2 unspecified atom stereocenters. The van der Waals surface area contributed by atoms with E-state index in [2.05, 4.69) is 0 Å². The van der Waals surface area contributed by atoms with E-state index in [1.165, 1.54) is 12.1 Å². The van der Waals surface area contributed by atoms with Crippen LogP contribution in [0.2, 0.25) is 0 Å². The van der Waals surface area contributed by atoms with E-state index in [0.29, 0.717) is 0 Å². The molecule has 0 bridgehead atoms. The molecule has 4 nitrogen and oxygen atoms in total. The summed E-state index contributed by atoms with van der Waals surface area (Å²) in [6.45, 7) is 0. The van der Waals surface area contributed by atoms with Crippen LogP contribution in [0.4, 0.5) is 4.39 Å². The Hall–Kier alpha value is -1.46. The highest BCUT2D eigenvalue weighted by molar-refractivity contribution is 5.79. The third kappa shape index (κ3) is 2.27. The van der Waals surface area contributed by atoms with Gasteiger partial charge < -0.3 is 15.9 Å². The summed E-state index contributed by atoms with van der Waals surface area (Å²) in [5.41, 5.74) is 5.02. The Kier molecular flexibility index (Phi) is 3.16. The zero-order valence-corrected chi connectivity index (χ0v) is 7.22. The molecule has 1 aromatic carbocycles. The van der Waals surface area contributed by atoms with Crippen molar-refractivity contribution >= 4 is 5.91 Å². The van der Waals surface area contributed by atoms with Gasteiger partial charge in [-0.3, -0.25) is 4.79 Å². The summed E-state index contributed by atoms with van der Waals surface area (Å²) in [5.74, 6) is -1.49. The van der Waals surface area contributed by atoms with Crippen molar-refractivity contribution < 1.29 is 19.4 Å². The maximum atomic E-state index is 12.5. The van der Waals surface area contributed by atoms with Crippen LogP contribution in [0.15, 0.2) is 24.3 Å². The molecule has 0 aromatic heterocycles. The minimum atomic E-state index is -1.68. The first-order valence-electron chi connectivity index (χ1n) is 3.93. The number of halogens is 1. The van der Waals surface area contributed by atoms with Crippen LogP contribution in [0.5, 0.6) is 0 Å². The molecule has 1 amide bonds. The lowest BCUT2D eigenvalue weighted by Crippen LogP contribution is -2.33. The van der Waals surface area contributed by atoms with Crippen molar-refractivity contribution in [1.82, 2.24) is 0 Å². The second-order valence-electron chi connectivity index (χ2n) is 2.84. The number of carbonyl (C=O) groups excluding carboxylic acids is 1. The molecule has 0 aliphatic heterocycles. The van der Waals surface area contributed by atoms with E-state index in [0.717, 1.165) is 12.1 Å². The smallest absolute Gasteiger partial charge is 0.249 e. The van der Waals surface area contributed by atoms with Crippen molar-refractivity contribution in [2.75, 3.05) is 0 Å². The monoisotopic (exact) mass is 199 g/mol. The SMILES string of the molecule is NC(=O)C(O)C(O)c1ccc(F)cc1. The second-order valence-corrected chi connectivity index (χ2v) is 2.84. The summed E-state index contributed by atoms with van der Waals surface area (Å²) in [7, 11) is 0. The summed E-state index contributed by atoms with van der Waals surface area (Å²) in [6.07, 6.45) is -3.10.